The Bertz CT molecular complexity index is 477. The molecule has 8 heteroatoms. The zero-order valence-electron chi connectivity index (χ0n) is 11.4. The maximum atomic E-state index is 12.6. The highest BCUT2D eigenvalue weighted by Crippen LogP contribution is 2.20. The van der Waals surface area contributed by atoms with Crippen molar-refractivity contribution in [2.75, 3.05) is 13.2 Å². The van der Waals surface area contributed by atoms with Crippen molar-refractivity contribution in [3.63, 3.8) is 0 Å². The van der Waals surface area contributed by atoms with E-state index in [9.17, 15) is 22.8 Å². The van der Waals surface area contributed by atoms with Gasteiger partial charge in [-0.15, -0.1) is 0 Å². The lowest BCUT2D eigenvalue weighted by atomic mass is 10.2. The van der Waals surface area contributed by atoms with Gasteiger partial charge in [0, 0.05) is 25.5 Å². The number of carbonyl (C=O) groups excluding carboxylic acids is 2. The SMILES string of the molecule is CCOC(=O)CCN(Cc1ccncc1)C(=O)C(F)(F)F. The number of hydrogen-bond donors (Lipinski definition) is 0. The molecule has 0 aromatic carbocycles. The van der Waals surface area contributed by atoms with Gasteiger partial charge in [-0.05, 0) is 24.6 Å². The fourth-order valence-electron chi connectivity index (χ4n) is 1.60. The van der Waals surface area contributed by atoms with Gasteiger partial charge in [-0.25, -0.2) is 0 Å². The monoisotopic (exact) mass is 304 g/mol. The van der Waals surface area contributed by atoms with E-state index < -0.39 is 18.1 Å². The molecule has 1 heterocycles. The van der Waals surface area contributed by atoms with Crippen molar-refractivity contribution < 1.29 is 27.5 Å². The number of rotatable bonds is 6. The summed E-state index contributed by atoms with van der Waals surface area (Å²) < 4.78 is 42.3. The van der Waals surface area contributed by atoms with Gasteiger partial charge in [-0.1, -0.05) is 0 Å². The van der Waals surface area contributed by atoms with Crippen molar-refractivity contribution in [1.82, 2.24) is 9.88 Å². The van der Waals surface area contributed by atoms with Crippen molar-refractivity contribution in [2.24, 2.45) is 0 Å². The molecule has 21 heavy (non-hydrogen) atoms. The molecule has 0 aliphatic heterocycles. The van der Waals surface area contributed by atoms with Gasteiger partial charge in [0.15, 0.2) is 0 Å². The second kappa shape index (κ2) is 7.61. The highest BCUT2D eigenvalue weighted by molar-refractivity contribution is 5.82. The van der Waals surface area contributed by atoms with E-state index in [0.29, 0.717) is 10.5 Å². The maximum Gasteiger partial charge on any atom is 0.471 e. The van der Waals surface area contributed by atoms with Crippen LogP contribution in [0, 0.1) is 0 Å². The maximum absolute atomic E-state index is 12.6. The smallest absolute Gasteiger partial charge is 0.466 e. The van der Waals surface area contributed by atoms with Gasteiger partial charge < -0.3 is 9.64 Å². The third-order valence-corrected chi connectivity index (χ3v) is 2.54. The Morgan fingerprint density at radius 1 is 1.29 bits per heavy atom. The number of amides is 1. The molecule has 0 radical (unpaired) electrons. The zero-order chi connectivity index (χ0) is 15.9. The molecule has 0 saturated carbocycles. The van der Waals surface area contributed by atoms with Crippen molar-refractivity contribution in [1.29, 1.82) is 0 Å². The number of hydrogen-bond acceptors (Lipinski definition) is 4. The van der Waals surface area contributed by atoms with Crippen LogP contribution >= 0.6 is 0 Å². The molecule has 0 spiro atoms. The van der Waals surface area contributed by atoms with Gasteiger partial charge in [0.05, 0.1) is 13.0 Å². The number of aromatic nitrogens is 1. The predicted molar refractivity (Wildman–Crippen MR) is 67.0 cm³/mol. The lowest BCUT2D eigenvalue weighted by Gasteiger charge is -2.23. The van der Waals surface area contributed by atoms with E-state index in [2.05, 4.69) is 9.72 Å². The summed E-state index contributed by atoms with van der Waals surface area (Å²) in [7, 11) is 0. The molecule has 116 valence electrons. The fraction of sp³-hybridized carbons (Fsp3) is 0.462. The van der Waals surface area contributed by atoms with Crippen LogP contribution in [0.4, 0.5) is 13.2 Å². The predicted octanol–water partition coefficient (Wildman–Crippen LogP) is 1.93. The molecule has 0 unspecified atom stereocenters. The van der Waals surface area contributed by atoms with E-state index in [-0.39, 0.29) is 26.1 Å². The lowest BCUT2D eigenvalue weighted by Crippen LogP contribution is -2.41. The number of nitrogens with zero attached hydrogens (tertiary/aromatic N) is 2. The molecule has 0 aliphatic rings. The topological polar surface area (TPSA) is 59.5 Å². The van der Waals surface area contributed by atoms with Crippen LogP contribution in [0.1, 0.15) is 18.9 Å². The lowest BCUT2D eigenvalue weighted by molar-refractivity contribution is -0.186. The first kappa shape index (κ1) is 16.9. The van der Waals surface area contributed by atoms with Crippen LogP contribution in [0.5, 0.6) is 0 Å². The Labute approximate surface area is 119 Å². The summed E-state index contributed by atoms with van der Waals surface area (Å²) in [5.74, 6) is -2.63. The highest BCUT2D eigenvalue weighted by atomic mass is 19.4. The number of pyridine rings is 1. The first-order chi connectivity index (χ1) is 9.84. The molecular formula is C13H15F3N2O3. The van der Waals surface area contributed by atoms with Gasteiger partial charge >= 0.3 is 18.1 Å². The summed E-state index contributed by atoms with van der Waals surface area (Å²) >= 11 is 0. The first-order valence-electron chi connectivity index (χ1n) is 6.25. The molecule has 0 N–H and O–H groups in total. The molecule has 0 fully saturated rings. The van der Waals surface area contributed by atoms with E-state index >= 15 is 0 Å². The minimum atomic E-state index is -4.98. The summed E-state index contributed by atoms with van der Waals surface area (Å²) in [6, 6.07) is 3.00. The van der Waals surface area contributed by atoms with Crippen LogP contribution in [-0.2, 0) is 20.9 Å². The van der Waals surface area contributed by atoms with Crippen molar-refractivity contribution >= 4 is 11.9 Å². The van der Waals surface area contributed by atoms with Crippen molar-refractivity contribution in [3.05, 3.63) is 30.1 Å². The van der Waals surface area contributed by atoms with Crippen molar-refractivity contribution in [2.45, 2.75) is 26.1 Å². The molecule has 1 aromatic rings. The third-order valence-electron chi connectivity index (χ3n) is 2.54. The van der Waals surface area contributed by atoms with E-state index in [1.54, 1.807) is 6.92 Å². The van der Waals surface area contributed by atoms with Gasteiger partial charge in [0.2, 0.25) is 0 Å². The highest BCUT2D eigenvalue weighted by Gasteiger charge is 2.42. The molecule has 0 bridgehead atoms. The molecule has 1 amide bonds. The van der Waals surface area contributed by atoms with Crippen molar-refractivity contribution in [3.8, 4) is 0 Å². The molecule has 0 saturated heterocycles. The van der Waals surface area contributed by atoms with Crippen LogP contribution in [-0.4, -0.2) is 41.1 Å². The Balaban J connectivity index is 2.75. The van der Waals surface area contributed by atoms with Gasteiger partial charge in [-0.2, -0.15) is 13.2 Å². The first-order valence-corrected chi connectivity index (χ1v) is 6.25. The van der Waals surface area contributed by atoms with Gasteiger partial charge in [-0.3, -0.25) is 14.6 Å². The molecule has 1 rings (SSSR count). The molecule has 0 aliphatic carbocycles. The Hall–Kier alpha value is -2.12. The number of carbonyl (C=O) groups is 2. The molecule has 1 aromatic heterocycles. The third kappa shape index (κ3) is 5.80. The summed E-state index contributed by atoms with van der Waals surface area (Å²) in [5, 5.41) is 0. The van der Waals surface area contributed by atoms with E-state index in [1.165, 1.54) is 24.5 Å². The Kier molecular flexibility index (Phi) is 6.13. The minimum absolute atomic E-state index is 0.135. The van der Waals surface area contributed by atoms with Crippen LogP contribution in [0.15, 0.2) is 24.5 Å². The summed E-state index contributed by atoms with van der Waals surface area (Å²) in [4.78, 5) is 26.9. The quantitative estimate of drug-likeness (QED) is 0.753. The number of esters is 1. The zero-order valence-corrected chi connectivity index (χ0v) is 11.4. The largest absolute Gasteiger partial charge is 0.471 e. The second-order valence-electron chi connectivity index (χ2n) is 4.13. The average molecular weight is 304 g/mol. The summed E-state index contributed by atoms with van der Waals surface area (Å²) in [5.41, 5.74) is 0.492. The molecule has 5 nitrogen and oxygen atoms in total. The van der Waals surface area contributed by atoms with E-state index in [0.717, 1.165) is 0 Å². The second-order valence-corrected chi connectivity index (χ2v) is 4.13. The average Bonchev–Trinajstić information content (AvgIpc) is 2.43. The molecule has 0 atom stereocenters. The standard InChI is InChI=1S/C13H15F3N2O3/c1-2-21-11(19)5-8-18(12(20)13(14,15)16)9-10-3-6-17-7-4-10/h3-4,6-7H,2,5,8-9H2,1H3. The van der Waals surface area contributed by atoms with Crippen LogP contribution < -0.4 is 0 Å². The summed E-state index contributed by atoms with van der Waals surface area (Å²) in [6.07, 6.45) is -2.45. The van der Waals surface area contributed by atoms with Crippen LogP contribution in [0.3, 0.4) is 0 Å². The summed E-state index contributed by atoms with van der Waals surface area (Å²) in [6.45, 7) is 1.11. The Morgan fingerprint density at radius 3 is 2.43 bits per heavy atom. The van der Waals surface area contributed by atoms with Crippen LogP contribution in [0.25, 0.3) is 0 Å². The Morgan fingerprint density at radius 2 is 1.90 bits per heavy atom. The van der Waals surface area contributed by atoms with Gasteiger partial charge in [0.25, 0.3) is 0 Å². The normalized spacial score (nSPS) is 11.0. The molecular weight excluding hydrogens is 289 g/mol. The van der Waals surface area contributed by atoms with Crippen LogP contribution in [0.2, 0.25) is 0 Å². The number of ether oxygens (including phenoxy) is 1. The van der Waals surface area contributed by atoms with E-state index in [1.807, 2.05) is 0 Å². The fourth-order valence-corrected chi connectivity index (χ4v) is 1.60. The number of halogens is 3. The minimum Gasteiger partial charge on any atom is -0.466 e. The van der Waals surface area contributed by atoms with Gasteiger partial charge in [0.1, 0.15) is 0 Å². The number of alkyl halides is 3. The van der Waals surface area contributed by atoms with E-state index in [4.69, 9.17) is 0 Å².